The molecule has 2 heterocycles. The van der Waals surface area contributed by atoms with Crippen LogP contribution in [0.15, 0.2) is 12.1 Å². The second-order valence-electron chi connectivity index (χ2n) is 5.01. The Hall–Kier alpha value is -1.66. The number of ether oxygens (including phenoxy) is 1. The molecule has 110 valence electrons. The van der Waals surface area contributed by atoms with Gasteiger partial charge in [-0.2, -0.15) is 0 Å². The highest BCUT2D eigenvalue weighted by molar-refractivity contribution is 5.93. The fourth-order valence-corrected chi connectivity index (χ4v) is 2.19. The molecule has 0 aliphatic carbocycles. The molecule has 1 aromatic heterocycles. The molecule has 2 rings (SSSR count). The van der Waals surface area contributed by atoms with E-state index in [9.17, 15) is 9.90 Å². The van der Waals surface area contributed by atoms with Crippen molar-refractivity contribution in [3.05, 3.63) is 17.8 Å². The molecule has 0 spiro atoms. The van der Waals surface area contributed by atoms with Gasteiger partial charge in [0.1, 0.15) is 0 Å². The quantitative estimate of drug-likeness (QED) is 0.750. The van der Waals surface area contributed by atoms with E-state index in [1.54, 1.807) is 13.0 Å². The van der Waals surface area contributed by atoms with Crippen LogP contribution >= 0.6 is 0 Å². The predicted octanol–water partition coefficient (Wildman–Crippen LogP) is 1.05. The summed E-state index contributed by atoms with van der Waals surface area (Å²) in [7, 11) is 0. The summed E-state index contributed by atoms with van der Waals surface area (Å²) in [5, 5.41) is 15.7. The average Bonchev–Trinajstić information content (AvgIpc) is 2.89. The van der Waals surface area contributed by atoms with E-state index in [-0.39, 0.29) is 29.4 Å². The second-order valence-corrected chi connectivity index (χ2v) is 5.01. The monoisotopic (exact) mass is 279 g/mol. The van der Waals surface area contributed by atoms with Gasteiger partial charge in [0.15, 0.2) is 11.6 Å². The van der Waals surface area contributed by atoms with Crippen LogP contribution in [-0.4, -0.2) is 41.8 Å². The fraction of sp³-hybridized carbons (Fsp3) is 0.571. The van der Waals surface area contributed by atoms with Gasteiger partial charge in [0, 0.05) is 11.7 Å². The molecule has 6 nitrogen and oxygen atoms in total. The molecular weight excluding hydrogens is 258 g/mol. The van der Waals surface area contributed by atoms with Gasteiger partial charge in [-0.3, -0.25) is 4.79 Å². The molecule has 20 heavy (non-hydrogen) atoms. The van der Waals surface area contributed by atoms with Crippen molar-refractivity contribution < 1.29 is 14.6 Å². The first-order valence-electron chi connectivity index (χ1n) is 6.90. The Morgan fingerprint density at radius 2 is 2.30 bits per heavy atom. The van der Waals surface area contributed by atoms with Crippen LogP contribution in [0.2, 0.25) is 0 Å². The van der Waals surface area contributed by atoms with Crippen molar-refractivity contribution in [2.24, 2.45) is 5.92 Å². The number of pyridine rings is 1. The Kier molecular flexibility index (Phi) is 4.92. The third-order valence-corrected chi connectivity index (χ3v) is 3.33. The van der Waals surface area contributed by atoms with Crippen LogP contribution in [0.3, 0.4) is 0 Å². The third kappa shape index (κ3) is 3.46. The van der Waals surface area contributed by atoms with Crippen LogP contribution in [0.5, 0.6) is 5.75 Å². The molecule has 1 aliphatic heterocycles. The summed E-state index contributed by atoms with van der Waals surface area (Å²) in [5.74, 6) is -0.259. The highest BCUT2D eigenvalue weighted by Gasteiger charge is 2.34. The van der Waals surface area contributed by atoms with Crippen LogP contribution in [0.1, 0.15) is 19.0 Å². The van der Waals surface area contributed by atoms with Gasteiger partial charge < -0.3 is 20.5 Å². The zero-order valence-corrected chi connectivity index (χ0v) is 11.8. The van der Waals surface area contributed by atoms with Crippen LogP contribution in [0.4, 0.5) is 5.82 Å². The molecule has 1 fully saturated rings. The zero-order chi connectivity index (χ0) is 14.5. The summed E-state index contributed by atoms with van der Waals surface area (Å²) < 4.78 is 5.37. The van der Waals surface area contributed by atoms with Gasteiger partial charge >= 0.3 is 0 Å². The Balaban J connectivity index is 2.01. The number of rotatable bonds is 5. The zero-order valence-electron chi connectivity index (χ0n) is 11.8. The smallest absolute Gasteiger partial charge is 0.232 e. The summed E-state index contributed by atoms with van der Waals surface area (Å²) in [4.78, 5) is 16.4. The van der Waals surface area contributed by atoms with E-state index in [4.69, 9.17) is 4.74 Å². The number of hydrogen-bond donors (Lipinski definition) is 3. The molecule has 6 heteroatoms. The molecule has 0 saturated carbocycles. The SMILES string of the molecule is CCCNC1COCC1C(=O)Nc1nc(C)ccc1O. The number of nitrogens with zero attached hydrogens (tertiary/aromatic N) is 1. The number of carbonyl (C=O) groups is 1. The number of anilines is 1. The minimum Gasteiger partial charge on any atom is -0.504 e. The minimum absolute atomic E-state index is 0.0157. The minimum atomic E-state index is -0.261. The van der Waals surface area contributed by atoms with Crippen molar-refractivity contribution in [2.75, 3.05) is 25.1 Å². The number of amides is 1. The van der Waals surface area contributed by atoms with Crippen molar-refractivity contribution in [3.63, 3.8) is 0 Å². The van der Waals surface area contributed by atoms with Gasteiger partial charge in [-0.1, -0.05) is 6.92 Å². The molecule has 2 atom stereocenters. The van der Waals surface area contributed by atoms with Crippen molar-refractivity contribution in [3.8, 4) is 5.75 Å². The molecule has 1 aliphatic rings. The topological polar surface area (TPSA) is 83.5 Å². The molecular formula is C14H21N3O3. The van der Waals surface area contributed by atoms with Crippen molar-refractivity contribution >= 4 is 11.7 Å². The average molecular weight is 279 g/mol. The normalized spacial score (nSPS) is 21.9. The molecule has 0 bridgehead atoms. The van der Waals surface area contributed by atoms with Gasteiger partial charge in [0.05, 0.1) is 19.1 Å². The highest BCUT2D eigenvalue weighted by Crippen LogP contribution is 2.22. The van der Waals surface area contributed by atoms with E-state index in [0.29, 0.717) is 13.2 Å². The summed E-state index contributed by atoms with van der Waals surface area (Å²) in [6, 6.07) is 3.23. The molecule has 2 unspecified atom stereocenters. The molecule has 0 radical (unpaired) electrons. The van der Waals surface area contributed by atoms with Crippen molar-refractivity contribution in [2.45, 2.75) is 26.3 Å². The summed E-state index contributed by atoms with van der Waals surface area (Å²) >= 11 is 0. The summed E-state index contributed by atoms with van der Waals surface area (Å²) in [5.41, 5.74) is 0.737. The van der Waals surface area contributed by atoms with E-state index in [1.165, 1.54) is 6.07 Å². The van der Waals surface area contributed by atoms with Gasteiger partial charge in [0.25, 0.3) is 0 Å². The molecule has 3 N–H and O–H groups in total. The maximum atomic E-state index is 12.3. The van der Waals surface area contributed by atoms with Crippen LogP contribution in [-0.2, 0) is 9.53 Å². The Morgan fingerprint density at radius 3 is 3.05 bits per heavy atom. The lowest BCUT2D eigenvalue weighted by Crippen LogP contribution is -2.41. The first-order valence-corrected chi connectivity index (χ1v) is 6.90. The van der Waals surface area contributed by atoms with Gasteiger partial charge in [-0.05, 0) is 32.0 Å². The lowest BCUT2D eigenvalue weighted by molar-refractivity contribution is -0.120. The number of nitrogens with one attached hydrogen (secondary N) is 2. The highest BCUT2D eigenvalue weighted by atomic mass is 16.5. The van der Waals surface area contributed by atoms with Gasteiger partial charge in [-0.15, -0.1) is 0 Å². The lowest BCUT2D eigenvalue weighted by Gasteiger charge is -2.18. The number of hydrogen-bond acceptors (Lipinski definition) is 5. The van der Waals surface area contributed by atoms with Crippen LogP contribution in [0, 0.1) is 12.8 Å². The lowest BCUT2D eigenvalue weighted by atomic mass is 10.0. The number of carbonyl (C=O) groups excluding carboxylic acids is 1. The van der Waals surface area contributed by atoms with E-state index >= 15 is 0 Å². The molecule has 1 aromatic rings. The largest absolute Gasteiger partial charge is 0.504 e. The maximum absolute atomic E-state index is 12.3. The third-order valence-electron chi connectivity index (χ3n) is 3.33. The number of aryl methyl sites for hydroxylation is 1. The van der Waals surface area contributed by atoms with Crippen molar-refractivity contribution in [1.29, 1.82) is 0 Å². The first kappa shape index (κ1) is 14.7. The Bertz CT molecular complexity index is 479. The standard InChI is InChI=1S/C14H21N3O3/c1-3-6-15-11-8-20-7-10(11)14(19)17-13-12(18)5-4-9(2)16-13/h4-5,10-11,15,18H,3,6-8H2,1-2H3,(H,16,17,19). The summed E-state index contributed by atoms with van der Waals surface area (Å²) in [6.45, 7) is 5.66. The summed E-state index contributed by atoms with van der Waals surface area (Å²) in [6.07, 6.45) is 1.01. The van der Waals surface area contributed by atoms with E-state index in [0.717, 1.165) is 18.7 Å². The first-order chi connectivity index (χ1) is 9.61. The second kappa shape index (κ2) is 6.67. The molecule has 0 aromatic carbocycles. The number of aromatic nitrogens is 1. The van der Waals surface area contributed by atoms with E-state index in [2.05, 4.69) is 22.5 Å². The molecule has 1 amide bonds. The van der Waals surface area contributed by atoms with E-state index < -0.39 is 0 Å². The predicted molar refractivity (Wildman–Crippen MR) is 75.7 cm³/mol. The van der Waals surface area contributed by atoms with Crippen LogP contribution < -0.4 is 10.6 Å². The fourth-order valence-electron chi connectivity index (χ4n) is 2.19. The van der Waals surface area contributed by atoms with Gasteiger partial charge in [-0.25, -0.2) is 4.98 Å². The van der Waals surface area contributed by atoms with Gasteiger partial charge in [0.2, 0.25) is 5.91 Å². The van der Waals surface area contributed by atoms with Crippen molar-refractivity contribution in [1.82, 2.24) is 10.3 Å². The Morgan fingerprint density at radius 1 is 1.50 bits per heavy atom. The molecule has 1 saturated heterocycles. The van der Waals surface area contributed by atoms with Crippen LogP contribution in [0.25, 0.3) is 0 Å². The number of aromatic hydroxyl groups is 1. The Labute approximate surface area is 118 Å². The van der Waals surface area contributed by atoms with E-state index in [1.807, 2.05) is 0 Å². The maximum Gasteiger partial charge on any atom is 0.232 e.